The largest absolute Gasteiger partial charge is 0.496 e. The molecule has 1 saturated heterocycles. The van der Waals surface area contributed by atoms with Crippen LogP contribution in [0.3, 0.4) is 0 Å². The van der Waals surface area contributed by atoms with Crippen molar-refractivity contribution in [3.05, 3.63) is 60.7 Å². The predicted octanol–water partition coefficient (Wildman–Crippen LogP) is 2.70. The number of methoxy groups -OCH3 is 1. The van der Waals surface area contributed by atoms with E-state index in [1.54, 1.807) is 19.5 Å². The van der Waals surface area contributed by atoms with Gasteiger partial charge in [0.1, 0.15) is 5.75 Å². The van der Waals surface area contributed by atoms with E-state index in [2.05, 4.69) is 30.2 Å². The Balaban J connectivity index is 1.36. The fourth-order valence-corrected chi connectivity index (χ4v) is 3.46. The highest BCUT2D eigenvalue weighted by atomic mass is 16.5. The van der Waals surface area contributed by atoms with Crippen molar-refractivity contribution in [2.24, 2.45) is 0 Å². The number of hydrogen-bond donors (Lipinski definition) is 1. The van der Waals surface area contributed by atoms with Crippen molar-refractivity contribution < 1.29 is 4.74 Å². The minimum absolute atomic E-state index is 0.395. The highest BCUT2D eigenvalue weighted by Gasteiger charge is 2.21. The standard InChI is InChI=1S/C21H24N6O/c1-28-19-8-3-2-7-18(19)20-25-13-16(14-26-20)12-24-17-6-4-11-27(15-17)21-22-9-5-10-23-21/h2-3,5,7-10,13-14,17,24H,4,6,11-12,15H2,1H3. The van der Waals surface area contributed by atoms with Crippen molar-refractivity contribution in [3.63, 3.8) is 0 Å². The van der Waals surface area contributed by atoms with Crippen LogP contribution in [0.1, 0.15) is 18.4 Å². The Morgan fingerprint density at radius 1 is 1.07 bits per heavy atom. The first kappa shape index (κ1) is 18.3. The van der Waals surface area contributed by atoms with E-state index in [1.165, 1.54) is 0 Å². The van der Waals surface area contributed by atoms with Gasteiger partial charge in [-0.1, -0.05) is 12.1 Å². The van der Waals surface area contributed by atoms with Crippen LogP contribution in [0.4, 0.5) is 5.95 Å². The lowest BCUT2D eigenvalue weighted by Gasteiger charge is -2.33. The van der Waals surface area contributed by atoms with Gasteiger partial charge in [-0.05, 0) is 31.0 Å². The van der Waals surface area contributed by atoms with Crippen LogP contribution in [-0.2, 0) is 6.54 Å². The van der Waals surface area contributed by atoms with Gasteiger partial charge in [0.15, 0.2) is 5.82 Å². The smallest absolute Gasteiger partial charge is 0.225 e. The van der Waals surface area contributed by atoms with Crippen LogP contribution in [0.25, 0.3) is 11.4 Å². The van der Waals surface area contributed by atoms with Gasteiger partial charge < -0.3 is 15.0 Å². The average molecular weight is 376 g/mol. The van der Waals surface area contributed by atoms with Crippen molar-refractivity contribution in [2.75, 3.05) is 25.1 Å². The molecule has 1 aromatic carbocycles. The summed E-state index contributed by atoms with van der Waals surface area (Å²) in [5, 5.41) is 3.62. The average Bonchev–Trinajstić information content (AvgIpc) is 2.79. The Labute approximate surface area is 164 Å². The van der Waals surface area contributed by atoms with Crippen LogP contribution in [-0.4, -0.2) is 46.2 Å². The first-order valence-electron chi connectivity index (χ1n) is 9.53. The summed E-state index contributed by atoms with van der Waals surface area (Å²) in [7, 11) is 1.66. The fraction of sp³-hybridized carbons (Fsp3) is 0.333. The molecule has 0 saturated carbocycles. The molecule has 1 N–H and O–H groups in total. The summed E-state index contributed by atoms with van der Waals surface area (Å²) >= 11 is 0. The van der Waals surface area contributed by atoms with Crippen LogP contribution >= 0.6 is 0 Å². The number of ether oxygens (including phenoxy) is 1. The third kappa shape index (κ3) is 4.26. The van der Waals surface area contributed by atoms with Gasteiger partial charge in [0.25, 0.3) is 0 Å². The number of hydrogen-bond acceptors (Lipinski definition) is 7. The molecule has 1 atom stereocenters. The molecule has 144 valence electrons. The summed E-state index contributed by atoms with van der Waals surface area (Å²) in [5.41, 5.74) is 1.96. The van der Waals surface area contributed by atoms with Gasteiger partial charge in [-0.15, -0.1) is 0 Å². The number of anilines is 1. The highest BCUT2D eigenvalue weighted by molar-refractivity contribution is 5.63. The molecule has 1 fully saturated rings. The Morgan fingerprint density at radius 2 is 1.86 bits per heavy atom. The Bertz CT molecular complexity index is 887. The number of para-hydroxylation sites is 1. The highest BCUT2D eigenvalue weighted by Crippen LogP contribution is 2.26. The van der Waals surface area contributed by atoms with Gasteiger partial charge in [0.2, 0.25) is 5.95 Å². The second kappa shape index (κ2) is 8.75. The molecule has 1 aliphatic heterocycles. The van der Waals surface area contributed by atoms with E-state index in [4.69, 9.17) is 4.74 Å². The maximum atomic E-state index is 5.40. The molecule has 1 aliphatic rings. The lowest BCUT2D eigenvalue weighted by atomic mass is 10.1. The third-order valence-electron chi connectivity index (χ3n) is 4.90. The molecule has 4 rings (SSSR count). The minimum Gasteiger partial charge on any atom is -0.496 e. The number of aromatic nitrogens is 4. The molecule has 28 heavy (non-hydrogen) atoms. The molecular weight excluding hydrogens is 352 g/mol. The molecule has 7 heteroatoms. The third-order valence-corrected chi connectivity index (χ3v) is 4.90. The normalized spacial score (nSPS) is 16.8. The molecule has 2 aromatic heterocycles. The minimum atomic E-state index is 0.395. The van der Waals surface area contributed by atoms with Crippen molar-refractivity contribution in [1.29, 1.82) is 0 Å². The summed E-state index contributed by atoms with van der Waals surface area (Å²) in [6.07, 6.45) is 9.61. The van der Waals surface area contributed by atoms with Gasteiger partial charge in [0, 0.05) is 56.0 Å². The van der Waals surface area contributed by atoms with E-state index in [1.807, 2.05) is 42.7 Å². The molecule has 0 bridgehead atoms. The fourth-order valence-electron chi connectivity index (χ4n) is 3.46. The topological polar surface area (TPSA) is 76.1 Å². The van der Waals surface area contributed by atoms with E-state index >= 15 is 0 Å². The van der Waals surface area contributed by atoms with Gasteiger partial charge in [0.05, 0.1) is 12.7 Å². The second-order valence-corrected chi connectivity index (χ2v) is 6.83. The lowest BCUT2D eigenvalue weighted by Crippen LogP contribution is -2.46. The second-order valence-electron chi connectivity index (χ2n) is 6.83. The van der Waals surface area contributed by atoms with E-state index in [9.17, 15) is 0 Å². The number of nitrogens with zero attached hydrogens (tertiary/aromatic N) is 5. The summed E-state index contributed by atoms with van der Waals surface area (Å²) in [4.78, 5) is 20.0. The van der Waals surface area contributed by atoms with Crippen LogP contribution < -0.4 is 15.0 Å². The summed E-state index contributed by atoms with van der Waals surface area (Å²) in [5.74, 6) is 2.25. The Morgan fingerprint density at radius 3 is 2.64 bits per heavy atom. The van der Waals surface area contributed by atoms with Crippen LogP contribution in [0.5, 0.6) is 5.75 Å². The number of piperidine rings is 1. The quantitative estimate of drug-likeness (QED) is 0.709. The first-order valence-corrected chi connectivity index (χ1v) is 9.53. The maximum Gasteiger partial charge on any atom is 0.225 e. The van der Waals surface area contributed by atoms with Gasteiger partial charge in [-0.25, -0.2) is 19.9 Å². The molecule has 0 spiro atoms. The zero-order valence-corrected chi connectivity index (χ0v) is 16.0. The molecule has 1 unspecified atom stereocenters. The van der Waals surface area contributed by atoms with Crippen molar-refractivity contribution in [2.45, 2.75) is 25.4 Å². The lowest BCUT2D eigenvalue weighted by molar-refractivity contribution is 0.416. The molecule has 0 radical (unpaired) electrons. The van der Waals surface area contributed by atoms with E-state index < -0.39 is 0 Å². The first-order chi connectivity index (χ1) is 13.8. The summed E-state index contributed by atoms with van der Waals surface area (Å²) in [6, 6.07) is 10.0. The zero-order chi connectivity index (χ0) is 19.2. The van der Waals surface area contributed by atoms with Gasteiger partial charge in [-0.3, -0.25) is 0 Å². The van der Waals surface area contributed by atoms with E-state index in [0.29, 0.717) is 11.9 Å². The Hall–Kier alpha value is -3.06. The van der Waals surface area contributed by atoms with Crippen molar-refractivity contribution in [1.82, 2.24) is 25.3 Å². The van der Waals surface area contributed by atoms with Gasteiger partial charge >= 0.3 is 0 Å². The summed E-state index contributed by atoms with van der Waals surface area (Å²) in [6.45, 7) is 2.64. The molecule has 3 aromatic rings. The van der Waals surface area contributed by atoms with Crippen molar-refractivity contribution >= 4 is 5.95 Å². The molecule has 3 heterocycles. The molecular formula is C21H24N6O. The number of rotatable bonds is 6. The van der Waals surface area contributed by atoms with Crippen LogP contribution in [0, 0.1) is 0 Å². The number of nitrogens with one attached hydrogen (secondary N) is 1. The van der Waals surface area contributed by atoms with E-state index in [-0.39, 0.29) is 0 Å². The van der Waals surface area contributed by atoms with Gasteiger partial charge in [-0.2, -0.15) is 0 Å². The molecule has 7 nitrogen and oxygen atoms in total. The number of benzene rings is 1. The SMILES string of the molecule is COc1ccccc1-c1ncc(CNC2CCCN(c3ncccn3)C2)cn1. The van der Waals surface area contributed by atoms with Crippen molar-refractivity contribution in [3.8, 4) is 17.1 Å². The summed E-state index contributed by atoms with van der Waals surface area (Å²) < 4.78 is 5.40. The predicted molar refractivity (Wildman–Crippen MR) is 108 cm³/mol. The van der Waals surface area contributed by atoms with Crippen LogP contribution in [0.2, 0.25) is 0 Å². The monoisotopic (exact) mass is 376 g/mol. The van der Waals surface area contributed by atoms with E-state index in [0.717, 1.165) is 55.3 Å². The Kier molecular flexibility index (Phi) is 5.72. The molecule has 0 aliphatic carbocycles. The zero-order valence-electron chi connectivity index (χ0n) is 16.0. The maximum absolute atomic E-state index is 5.40. The van der Waals surface area contributed by atoms with Crippen LogP contribution in [0.15, 0.2) is 55.1 Å². The molecule has 0 amide bonds.